The van der Waals surface area contributed by atoms with Crippen LogP contribution in [0.3, 0.4) is 0 Å². The lowest BCUT2D eigenvalue weighted by atomic mass is 10.1. The maximum atomic E-state index is 13.2. The molecule has 0 unspecified atom stereocenters. The van der Waals surface area contributed by atoms with E-state index >= 15 is 0 Å². The molecule has 2 N–H and O–H groups in total. The number of Topliss-reactive ketones (excluding diaryl/α,β-unsaturated/α-hetero) is 1. The van der Waals surface area contributed by atoms with Gasteiger partial charge in [-0.2, -0.15) is 0 Å². The molecule has 0 spiro atoms. The minimum atomic E-state index is -0.731. The highest BCUT2D eigenvalue weighted by Crippen LogP contribution is 2.21. The number of aromatic nitrogens is 1. The van der Waals surface area contributed by atoms with Crippen molar-refractivity contribution in [3.63, 3.8) is 0 Å². The van der Waals surface area contributed by atoms with Gasteiger partial charge in [-0.25, -0.2) is 4.39 Å². The van der Waals surface area contributed by atoms with E-state index in [0.717, 1.165) is 18.8 Å². The number of H-pyrrole nitrogens is 1. The molecule has 0 saturated carbocycles. The summed E-state index contributed by atoms with van der Waals surface area (Å²) in [5, 5.41) is 3.13. The van der Waals surface area contributed by atoms with Crippen LogP contribution in [0.4, 0.5) is 15.8 Å². The van der Waals surface area contributed by atoms with Gasteiger partial charge in [0.2, 0.25) is 0 Å². The summed E-state index contributed by atoms with van der Waals surface area (Å²) in [6, 6.07) is 11.4. The number of hydrogen-bond acceptors (Lipinski definition) is 3. The fourth-order valence-corrected chi connectivity index (χ4v) is 2.94. The van der Waals surface area contributed by atoms with Crippen molar-refractivity contribution >= 4 is 34.0 Å². The third-order valence-electron chi connectivity index (χ3n) is 4.35. The number of aromatic amines is 1. The molecule has 0 aliphatic carbocycles. The van der Waals surface area contributed by atoms with Crippen LogP contribution in [0.5, 0.6) is 0 Å². The molecule has 6 heteroatoms. The number of hydrogen-bond donors (Lipinski definition) is 2. The van der Waals surface area contributed by atoms with Crippen molar-refractivity contribution in [1.82, 2.24) is 4.98 Å². The van der Waals surface area contributed by atoms with Gasteiger partial charge in [-0.05, 0) is 56.3 Å². The van der Waals surface area contributed by atoms with Gasteiger partial charge in [0.15, 0.2) is 0 Å². The van der Waals surface area contributed by atoms with Gasteiger partial charge >= 0.3 is 0 Å². The second-order valence-electron chi connectivity index (χ2n) is 5.89. The Hall–Kier alpha value is -3.15. The monoisotopic (exact) mass is 353 g/mol. The molecule has 0 atom stereocenters. The van der Waals surface area contributed by atoms with Crippen molar-refractivity contribution in [3.8, 4) is 0 Å². The fourth-order valence-electron chi connectivity index (χ4n) is 2.94. The number of anilines is 2. The first-order valence-corrected chi connectivity index (χ1v) is 8.50. The first-order chi connectivity index (χ1) is 12.5. The van der Waals surface area contributed by atoms with E-state index in [9.17, 15) is 14.0 Å². The summed E-state index contributed by atoms with van der Waals surface area (Å²) in [5.41, 5.74) is 2.30. The SMILES string of the molecule is CCN(CC)c1ccc(NC(=O)C(=O)c2c[nH]c3cc(F)ccc23)cc1. The van der Waals surface area contributed by atoms with Crippen LogP contribution in [0, 0.1) is 5.82 Å². The van der Waals surface area contributed by atoms with E-state index in [1.165, 1.54) is 24.4 Å². The average molecular weight is 353 g/mol. The molecule has 0 bridgehead atoms. The predicted molar refractivity (Wildman–Crippen MR) is 101 cm³/mol. The van der Waals surface area contributed by atoms with Crippen LogP contribution in [0.25, 0.3) is 10.9 Å². The number of rotatable bonds is 6. The molecule has 1 amide bonds. The Morgan fingerprint density at radius 2 is 1.77 bits per heavy atom. The molecule has 3 aromatic rings. The van der Waals surface area contributed by atoms with Gasteiger partial charge in [-0.1, -0.05) is 0 Å². The number of carbonyl (C=O) groups excluding carboxylic acids is 2. The molecular formula is C20H20FN3O2. The molecule has 1 aromatic heterocycles. The smallest absolute Gasteiger partial charge is 0.296 e. The second kappa shape index (κ2) is 7.39. The Morgan fingerprint density at radius 1 is 1.08 bits per heavy atom. The van der Waals surface area contributed by atoms with Gasteiger partial charge in [-0.3, -0.25) is 9.59 Å². The minimum Gasteiger partial charge on any atom is -0.372 e. The van der Waals surface area contributed by atoms with Crippen molar-refractivity contribution in [2.45, 2.75) is 13.8 Å². The number of nitrogens with one attached hydrogen (secondary N) is 2. The van der Waals surface area contributed by atoms with Crippen molar-refractivity contribution < 1.29 is 14.0 Å². The highest BCUT2D eigenvalue weighted by molar-refractivity contribution is 6.48. The molecule has 1 heterocycles. The first-order valence-electron chi connectivity index (χ1n) is 8.50. The molecule has 0 saturated heterocycles. The maximum Gasteiger partial charge on any atom is 0.296 e. The van der Waals surface area contributed by atoms with Gasteiger partial charge in [0.1, 0.15) is 5.82 Å². The molecule has 5 nitrogen and oxygen atoms in total. The summed E-state index contributed by atoms with van der Waals surface area (Å²) >= 11 is 0. The number of fused-ring (bicyclic) bond motifs is 1. The quantitative estimate of drug-likeness (QED) is 0.520. The second-order valence-corrected chi connectivity index (χ2v) is 5.89. The van der Waals surface area contributed by atoms with E-state index in [2.05, 4.69) is 29.0 Å². The summed E-state index contributed by atoms with van der Waals surface area (Å²) in [5.74, 6) is -1.81. The Bertz CT molecular complexity index is 943. The predicted octanol–water partition coefficient (Wildman–Crippen LogP) is 3.97. The van der Waals surface area contributed by atoms with Gasteiger partial charge in [0, 0.05) is 41.6 Å². The zero-order valence-electron chi connectivity index (χ0n) is 14.7. The molecule has 0 fully saturated rings. The third kappa shape index (κ3) is 3.44. The van der Waals surface area contributed by atoms with Crippen LogP contribution in [0.15, 0.2) is 48.7 Å². The molecule has 0 aliphatic rings. The first kappa shape index (κ1) is 17.7. The summed E-state index contributed by atoms with van der Waals surface area (Å²) in [6.07, 6.45) is 1.43. The third-order valence-corrected chi connectivity index (χ3v) is 4.35. The van der Waals surface area contributed by atoms with E-state index in [1.807, 2.05) is 12.1 Å². The van der Waals surface area contributed by atoms with Gasteiger partial charge in [0.25, 0.3) is 11.7 Å². The topological polar surface area (TPSA) is 65.2 Å². The van der Waals surface area contributed by atoms with E-state index in [4.69, 9.17) is 0 Å². The zero-order chi connectivity index (χ0) is 18.7. The fraction of sp³-hybridized carbons (Fsp3) is 0.200. The van der Waals surface area contributed by atoms with E-state index in [0.29, 0.717) is 16.6 Å². The van der Waals surface area contributed by atoms with E-state index < -0.39 is 17.5 Å². The van der Waals surface area contributed by atoms with Gasteiger partial charge in [-0.15, -0.1) is 0 Å². The van der Waals surface area contributed by atoms with Crippen LogP contribution < -0.4 is 10.2 Å². The van der Waals surface area contributed by atoms with Crippen LogP contribution in [-0.2, 0) is 4.79 Å². The lowest BCUT2D eigenvalue weighted by Gasteiger charge is -2.21. The van der Waals surface area contributed by atoms with E-state index in [-0.39, 0.29) is 5.56 Å². The average Bonchev–Trinajstić information content (AvgIpc) is 3.06. The van der Waals surface area contributed by atoms with Crippen molar-refractivity contribution in [2.24, 2.45) is 0 Å². The zero-order valence-corrected chi connectivity index (χ0v) is 14.7. The molecule has 134 valence electrons. The Kier molecular flexibility index (Phi) is 5.02. The highest BCUT2D eigenvalue weighted by atomic mass is 19.1. The van der Waals surface area contributed by atoms with Crippen LogP contribution in [0.2, 0.25) is 0 Å². The number of ketones is 1. The van der Waals surface area contributed by atoms with Crippen LogP contribution >= 0.6 is 0 Å². The standard InChI is InChI=1S/C20H20FN3O2/c1-3-24(4-2)15-8-6-14(7-9-15)23-20(26)19(25)17-12-22-18-11-13(21)5-10-16(17)18/h5-12,22H,3-4H2,1-2H3,(H,23,26). The molecule has 0 aliphatic heterocycles. The molecule has 26 heavy (non-hydrogen) atoms. The number of carbonyl (C=O) groups is 2. The lowest BCUT2D eigenvalue weighted by molar-refractivity contribution is -0.112. The lowest BCUT2D eigenvalue weighted by Crippen LogP contribution is -2.23. The van der Waals surface area contributed by atoms with Gasteiger partial charge < -0.3 is 15.2 Å². The molecule has 3 rings (SSSR count). The Morgan fingerprint density at radius 3 is 2.42 bits per heavy atom. The van der Waals surface area contributed by atoms with Crippen molar-refractivity contribution in [2.75, 3.05) is 23.3 Å². The number of nitrogens with zero attached hydrogens (tertiary/aromatic N) is 1. The highest BCUT2D eigenvalue weighted by Gasteiger charge is 2.20. The van der Waals surface area contributed by atoms with Crippen molar-refractivity contribution in [3.05, 3.63) is 60.0 Å². The molecule has 2 aromatic carbocycles. The summed E-state index contributed by atoms with van der Waals surface area (Å²) in [4.78, 5) is 29.7. The maximum absolute atomic E-state index is 13.2. The molecule has 0 radical (unpaired) electrons. The summed E-state index contributed by atoms with van der Waals surface area (Å²) in [7, 11) is 0. The van der Waals surface area contributed by atoms with Gasteiger partial charge in [0.05, 0.1) is 5.56 Å². The van der Waals surface area contributed by atoms with Crippen LogP contribution in [-0.4, -0.2) is 29.8 Å². The number of benzene rings is 2. The Balaban J connectivity index is 1.75. The normalized spacial score (nSPS) is 10.7. The minimum absolute atomic E-state index is 0.220. The summed E-state index contributed by atoms with van der Waals surface area (Å²) in [6.45, 7) is 5.93. The number of amides is 1. The summed E-state index contributed by atoms with van der Waals surface area (Å²) < 4.78 is 13.2. The largest absolute Gasteiger partial charge is 0.372 e. The Labute approximate surface area is 150 Å². The van der Waals surface area contributed by atoms with E-state index in [1.54, 1.807) is 12.1 Å². The molecular weight excluding hydrogens is 333 g/mol. The van der Waals surface area contributed by atoms with Crippen molar-refractivity contribution in [1.29, 1.82) is 0 Å². The van der Waals surface area contributed by atoms with Crippen LogP contribution in [0.1, 0.15) is 24.2 Å². The number of halogens is 1.